The Bertz CT molecular complexity index is 1370. The number of carbonyl (C=O) groups excluding carboxylic acids is 1. The van der Waals surface area contributed by atoms with E-state index in [1.165, 1.54) is 40.2 Å². The molecular weight excluding hydrogens is 456 g/mol. The Hall–Kier alpha value is -2.87. The second kappa shape index (κ2) is 9.73. The molecule has 0 aliphatic carbocycles. The van der Waals surface area contributed by atoms with Gasteiger partial charge in [0, 0.05) is 25.2 Å². The summed E-state index contributed by atoms with van der Waals surface area (Å²) in [5, 5.41) is 0. The smallest absolute Gasteiger partial charge is 0.279 e. The summed E-state index contributed by atoms with van der Waals surface area (Å²) in [6.45, 7) is 2.31. The van der Waals surface area contributed by atoms with E-state index < -0.39 is 27.6 Å². The van der Waals surface area contributed by atoms with E-state index in [1.54, 1.807) is 0 Å². The summed E-state index contributed by atoms with van der Waals surface area (Å²) >= 11 is 0.931. The number of carbonyl (C=O) groups is 1. The van der Waals surface area contributed by atoms with E-state index in [-0.39, 0.29) is 32.0 Å². The molecule has 0 aliphatic heterocycles. The zero-order valence-corrected chi connectivity index (χ0v) is 19.1. The van der Waals surface area contributed by atoms with Crippen LogP contribution in [0.15, 0.2) is 46.3 Å². The van der Waals surface area contributed by atoms with Gasteiger partial charge in [-0.2, -0.15) is 4.99 Å². The molecule has 0 bridgehead atoms. The molecule has 6 nitrogen and oxygen atoms in total. The summed E-state index contributed by atoms with van der Waals surface area (Å²) in [4.78, 5) is 16.9. The number of sulfonamides is 1. The van der Waals surface area contributed by atoms with Crippen LogP contribution in [0.3, 0.4) is 0 Å². The number of benzene rings is 2. The topological polar surface area (TPSA) is 71.7 Å². The van der Waals surface area contributed by atoms with Crippen molar-refractivity contribution in [1.29, 1.82) is 0 Å². The number of hydrogen-bond donors (Lipinski definition) is 0. The molecule has 168 valence electrons. The first kappa shape index (κ1) is 23.8. The summed E-state index contributed by atoms with van der Waals surface area (Å²) in [7, 11) is -2.16. The van der Waals surface area contributed by atoms with Crippen molar-refractivity contribution in [2.45, 2.75) is 31.2 Å². The molecule has 0 saturated heterocycles. The zero-order chi connectivity index (χ0) is 23.5. The number of aromatic nitrogens is 1. The van der Waals surface area contributed by atoms with Gasteiger partial charge in [-0.3, -0.25) is 4.79 Å². The molecule has 1 aromatic heterocycles. The first-order valence-electron chi connectivity index (χ1n) is 9.76. The third-order valence-electron chi connectivity index (χ3n) is 4.78. The minimum atomic E-state index is -3.66. The Labute approximate surface area is 188 Å². The van der Waals surface area contributed by atoms with Gasteiger partial charge in [0.2, 0.25) is 10.0 Å². The maximum Gasteiger partial charge on any atom is 0.279 e. The molecule has 0 saturated carbocycles. The molecule has 32 heavy (non-hydrogen) atoms. The molecular formula is C22H21F2N3O3S2. The Kier molecular flexibility index (Phi) is 7.23. The maximum absolute atomic E-state index is 14.3. The van der Waals surface area contributed by atoms with Crippen molar-refractivity contribution in [3.8, 4) is 12.3 Å². The molecule has 1 heterocycles. The summed E-state index contributed by atoms with van der Waals surface area (Å²) in [5.74, 6) is 0.161. The van der Waals surface area contributed by atoms with Crippen LogP contribution in [0.5, 0.6) is 0 Å². The van der Waals surface area contributed by atoms with Crippen LogP contribution in [0.25, 0.3) is 10.2 Å². The lowest BCUT2D eigenvalue weighted by molar-refractivity contribution is 0.0997. The zero-order valence-electron chi connectivity index (χ0n) is 17.5. The Morgan fingerprint density at radius 1 is 1.25 bits per heavy atom. The van der Waals surface area contributed by atoms with Crippen LogP contribution in [-0.2, 0) is 16.6 Å². The molecule has 0 aliphatic rings. The highest BCUT2D eigenvalue weighted by molar-refractivity contribution is 7.89. The van der Waals surface area contributed by atoms with Crippen molar-refractivity contribution >= 4 is 37.5 Å². The van der Waals surface area contributed by atoms with Crippen molar-refractivity contribution < 1.29 is 22.0 Å². The average Bonchev–Trinajstić information content (AvgIpc) is 3.09. The number of hydrogen-bond acceptors (Lipinski definition) is 4. The molecule has 0 radical (unpaired) electrons. The van der Waals surface area contributed by atoms with Crippen LogP contribution in [-0.4, -0.2) is 36.8 Å². The van der Waals surface area contributed by atoms with Gasteiger partial charge in [0.15, 0.2) is 10.6 Å². The number of terminal acetylenes is 1. The van der Waals surface area contributed by atoms with Crippen LogP contribution in [0.2, 0.25) is 0 Å². The highest BCUT2D eigenvalue weighted by Gasteiger charge is 2.20. The van der Waals surface area contributed by atoms with Crippen molar-refractivity contribution in [1.82, 2.24) is 8.87 Å². The number of amides is 1. The van der Waals surface area contributed by atoms with Crippen LogP contribution in [0.1, 0.15) is 30.1 Å². The fourth-order valence-electron chi connectivity index (χ4n) is 3.05. The van der Waals surface area contributed by atoms with Crippen molar-refractivity contribution in [2.75, 3.05) is 13.6 Å². The van der Waals surface area contributed by atoms with Gasteiger partial charge in [0.1, 0.15) is 5.82 Å². The normalized spacial score (nSPS) is 12.4. The van der Waals surface area contributed by atoms with E-state index in [0.717, 1.165) is 36.3 Å². The fraction of sp³-hybridized carbons (Fsp3) is 0.273. The van der Waals surface area contributed by atoms with Crippen LogP contribution in [0.4, 0.5) is 8.78 Å². The van der Waals surface area contributed by atoms with E-state index in [2.05, 4.69) is 10.9 Å². The maximum atomic E-state index is 14.3. The lowest BCUT2D eigenvalue weighted by atomic mass is 10.2. The minimum absolute atomic E-state index is 0.0596. The van der Waals surface area contributed by atoms with Crippen molar-refractivity contribution in [3.05, 3.63) is 58.4 Å². The third-order valence-corrected chi connectivity index (χ3v) is 7.67. The standard InChI is InChI=1S/C22H21F2N3O3S2/c1-4-6-12-26(3)32(29,30)17-9-7-15(8-10-17)21(28)25-22-27(11-5-2)20-18(24)13-16(23)14-19(20)31-22/h2,7-10,13-14H,4,6,11-12H2,1,3H3. The highest BCUT2D eigenvalue weighted by Crippen LogP contribution is 2.22. The number of rotatable bonds is 7. The monoisotopic (exact) mass is 477 g/mol. The molecule has 0 atom stereocenters. The second-order valence-corrected chi connectivity index (χ2v) is 10.1. The Morgan fingerprint density at radius 3 is 2.56 bits per heavy atom. The van der Waals surface area contributed by atoms with Gasteiger partial charge in [0.25, 0.3) is 5.91 Å². The van der Waals surface area contributed by atoms with Crippen LogP contribution >= 0.6 is 11.3 Å². The molecule has 0 fully saturated rings. The fourth-order valence-corrected chi connectivity index (χ4v) is 5.33. The lowest BCUT2D eigenvalue weighted by Gasteiger charge is -2.16. The van der Waals surface area contributed by atoms with Gasteiger partial charge in [-0.05, 0) is 36.8 Å². The van der Waals surface area contributed by atoms with Gasteiger partial charge in [-0.25, -0.2) is 21.5 Å². The number of fused-ring (bicyclic) bond motifs is 1. The molecule has 0 unspecified atom stereocenters. The summed E-state index contributed by atoms with van der Waals surface area (Å²) in [5.41, 5.74) is 0.217. The van der Waals surface area contributed by atoms with E-state index in [1.807, 2.05) is 6.92 Å². The van der Waals surface area contributed by atoms with Gasteiger partial charge in [-0.1, -0.05) is 30.6 Å². The minimum Gasteiger partial charge on any atom is -0.302 e. The molecule has 0 N–H and O–H groups in total. The Balaban J connectivity index is 1.97. The van der Waals surface area contributed by atoms with Crippen molar-refractivity contribution in [3.63, 3.8) is 0 Å². The molecule has 3 rings (SSSR count). The quantitative estimate of drug-likeness (QED) is 0.487. The van der Waals surface area contributed by atoms with Crippen LogP contribution < -0.4 is 4.80 Å². The van der Waals surface area contributed by atoms with E-state index in [0.29, 0.717) is 6.54 Å². The molecule has 10 heteroatoms. The number of halogens is 2. The molecule has 2 aromatic carbocycles. The molecule has 0 spiro atoms. The first-order chi connectivity index (χ1) is 15.2. The number of thiazole rings is 1. The summed E-state index contributed by atoms with van der Waals surface area (Å²) < 4.78 is 56.0. The van der Waals surface area contributed by atoms with Gasteiger partial charge in [0.05, 0.1) is 21.7 Å². The Morgan fingerprint density at radius 2 is 1.94 bits per heavy atom. The summed E-state index contributed by atoms with van der Waals surface area (Å²) in [6, 6.07) is 7.31. The lowest BCUT2D eigenvalue weighted by Crippen LogP contribution is -2.27. The number of unbranched alkanes of at least 4 members (excludes halogenated alkanes) is 1. The van der Waals surface area contributed by atoms with Crippen LogP contribution in [0, 0.1) is 24.0 Å². The largest absolute Gasteiger partial charge is 0.302 e. The van der Waals surface area contributed by atoms with E-state index >= 15 is 0 Å². The van der Waals surface area contributed by atoms with Gasteiger partial charge < -0.3 is 4.57 Å². The van der Waals surface area contributed by atoms with E-state index in [4.69, 9.17) is 6.42 Å². The third kappa shape index (κ3) is 4.80. The van der Waals surface area contributed by atoms with Gasteiger partial charge in [-0.15, -0.1) is 6.42 Å². The predicted octanol–water partition coefficient (Wildman–Crippen LogP) is 3.78. The SMILES string of the molecule is C#CCn1c(=NC(=O)c2ccc(S(=O)(=O)N(C)CCCC)cc2)sc2cc(F)cc(F)c21. The highest BCUT2D eigenvalue weighted by atomic mass is 32.2. The molecule has 1 amide bonds. The number of nitrogens with zero attached hydrogens (tertiary/aromatic N) is 3. The predicted molar refractivity (Wildman–Crippen MR) is 120 cm³/mol. The average molecular weight is 478 g/mol. The summed E-state index contributed by atoms with van der Waals surface area (Å²) in [6.07, 6.45) is 6.97. The van der Waals surface area contributed by atoms with E-state index in [9.17, 15) is 22.0 Å². The first-order valence-corrected chi connectivity index (χ1v) is 12.0. The molecule has 3 aromatic rings. The van der Waals surface area contributed by atoms with Gasteiger partial charge >= 0.3 is 0 Å². The second-order valence-electron chi connectivity index (χ2n) is 7.03. The van der Waals surface area contributed by atoms with Crippen molar-refractivity contribution in [2.24, 2.45) is 4.99 Å².